The second kappa shape index (κ2) is 5.21. The normalized spacial score (nSPS) is 10.7. The molecule has 0 spiro atoms. The average molecular weight is 252 g/mol. The first kappa shape index (κ1) is 12.0. The van der Waals surface area contributed by atoms with Crippen LogP contribution >= 0.6 is 11.6 Å². The fraction of sp³-hybridized carbons (Fsp3) is 0.250. The number of aromatic nitrogens is 1. The van der Waals surface area contributed by atoms with E-state index < -0.39 is 0 Å². The molecule has 0 saturated carbocycles. The minimum atomic E-state index is -0.0205. The smallest absolute Gasteiger partial charge is 0.233 e. The van der Waals surface area contributed by atoms with Crippen LogP contribution in [0.3, 0.4) is 0 Å². The van der Waals surface area contributed by atoms with E-state index in [2.05, 4.69) is 15.6 Å². The van der Waals surface area contributed by atoms with Gasteiger partial charge in [-0.3, -0.25) is 4.79 Å². The molecule has 0 aliphatic rings. The summed E-state index contributed by atoms with van der Waals surface area (Å²) in [5.74, 6) is -0.0205. The van der Waals surface area contributed by atoms with E-state index >= 15 is 0 Å². The number of amides is 1. The maximum absolute atomic E-state index is 11.0. The first-order valence-corrected chi connectivity index (χ1v) is 5.75. The molecule has 0 radical (unpaired) electrons. The van der Waals surface area contributed by atoms with Crippen LogP contribution in [0.4, 0.5) is 0 Å². The van der Waals surface area contributed by atoms with Gasteiger partial charge in [0.25, 0.3) is 0 Å². The molecule has 1 amide bonds. The Labute approximate surface area is 104 Å². The zero-order valence-electron chi connectivity index (χ0n) is 9.51. The number of halogens is 1. The van der Waals surface area contributed by atoms with E-state index in [1.54, 1.807) is 7.05 Å². The summed E-state index contributed by atoms with van der Waals surface area (Å²) in [5, 5.41) is 7.48. The Morgan fingerprint density at radius 2 is 2.29 bits per heavy atom. The third-order valence-electron chi connectivity index (χ3n) is 2.61. The zero-order valence-corrected chi connectivity index (χ0v) is 10.3. The highest BCUT2D eigenvalue weighted by molar-refractivity contribution is 6.31. The van der Waals surface area contributed by atoms with Gasteiger partial charge in [-0.1, -0.05) is 17.7 Å². The minimum absolute atomic E-state index is 0.0205. The Hall–Kier alpha value is -1.52. The summed E-state index contributed by atoms with van der Waals surface area (Å²) >= 11 is 5.90. The molecule has 1 heterocycles. The molecule has 4 nitrogen and oxygen atoms in total. The zero-order chi connectivity index (χ0) is 12.3. The summed E-state index contributed by atoms with van der Waals surface area (Å²) in [5.41, 5.74) is 2.13. The molecule has 0 atom stereocenters. The lowest BCUT2D eigenvalue weighted by molar-refractivity contribution is -0.119. The van der Waals surface area contributed by atoms with Crippen molar-refractivity contribution in [3.63, 3.8) is 0 Å². The highest BCUT2D eigenvalue weighted by Gasteiger charge is 2.04. The van der Waals surface area contributed by atoms with Gasteiger partial charge in [-0.2, -0.15) is 0 Å². The molecule has 0 unspecified atom stereocenters. The van der Waals surface area contributed by atoms with Gasteiger partial charge >= 0.3 is 0 Å². The van der Waals surface area contributed by atoms with Gasteiger partial charge in [-0.15, -0.1) is 0 Å². The molecule has 0 saturated heterocycles. The second-order valence-electron chi connectivity index (χ2n) is 3.78. The van der Waals surface area contributed by atoms with Crippen LogP contribution in [0.1, 0.15) is 5.56 Å². The van der Waals surface area contributed by atoms with Gasteiger partial charge in [0.2, 0.25) is 5.91 Å². The number of aromatic amines is 1. The quantitative estimate of drug-likeness (QED) is 0.774. The van der Waals surface area contributed by atoms with Gasteiger partial charge in [0.05, 0.1) is 6.54 Å². The molecular weight excluding hydrogens is 238 g/mol. The van der Waals surface area contributed by atoms with E-state index in [9.17, 15) is 4.79 Å². The number of rotatable bonds is 4. The summed E-state index contributed by atoms with van der Waals surface area (Å²) in [6.45, 7) is 0.964. The number of carbonyl (C=O) groups is 1. The van der Waals surface area contributed by atoms with E-state index in [1.807, 2.05) is 24.4 Å². The molecule has 2 rings (SSSR count). The summed E-state index contributed by atoms with van der Waals surface area (Å²) in [7, 11) is 1.62. The number of likely N-dealkylation sites (N-methyl/N-ethyl adjacent to an activating group) is 1. The highest BCUT2D eigenvalue weighted by Crippen LogP contribution is 2.21. The number of carbonyl (C=O) groups excluding carboxylic acids is 1. The minimum Gasteiger partial charge on any atom is -0.361 e. The van der Waals surface area contributed by atoms with Gasteiger partial charge in [0.1, 0.15) is 0 Å². The van der Waals surface area contributed by atoms with E-state index in [1.165, 1.54) is 0 Å². The van der Waals surface area contributed by atoms with Crippen LogP contribution in [0.2, 0.25) is 5.02 Å². The molecule has 1 aromatic heterocycles. The number of fused-ring (bicyclic) bond motifs is 1. The van der Waals surface area contributed by atoms with Crippen molar-refractivity contribution in [3.8, 4) is 0 Å². The topological polar surface area (TPSA) is 56.9 Å². The summed E-state index contributed by atoms with van der Waals surface area (Å²) < 4.78 is 0. The Balaban J connectivity index is 2.06. The molecule has 90 valence electrons. The van der Waals surface area contributed by atoms with E-state index in [0.717, 1.165) is 16.5 Å². The van der Waals surface area contributed by atoms with Gasteiger partial charge in [-0.25, -0.2) is 0 Å². The summed E-state index contributed by atoms with van der Waals surface area (Å²) in [4.78, 5) is 14.2. The van der Waals surface area contributed by atoms with Crippen molar-refractivity contribution in [2.24, 2.45) is 0 Å². The largest absolute Gasteiger partial charge is 0.361 e. The van der Waals surface area contributed by atoms with Crippen molar-refractivity contribution in [2.45, 2.75) is 6.54 Å². The Morgan fingerprint density at radius 1 is 1.47 bits per heavy atom. The molecule has 17 heavy (non-hydrogen) atoms. The van der Waals surface area contributed by atoms with Crippen molar-refractivity contribution in [1.82, 2.24) is 15.6 Å². The maximum Gasteiger partial charge on any atom is 0.233 e. The maximum atomic E-state index is 11.0. The molecule has 0 aliphatic carbocycles. The van der Waals surface area contributed by atoms with Crippen LogP contribution in [0, 0.1) is 0 Å². The number of hydrogen-bond donors (Lipinski definition) is 3. The lowest BCUT2D eigenvalue weighted by Gasteiger charge is -2.02. The van der Waals surface area contributed by atoms with Crippen LogP contribution in [-0.4, -0.2) is 24.5 Å². The number of H-pyrrole nitrogens is 1. The molecule has 5 heteroatoms. The standard InChI is InChI=1S/C12H14ClN3O/c1-14-12(17)7-15-5-8-6-16-11-4-9(13)2-3-10(8)11/h2-4,6,15-16H,5,7H2,1H3,(H,14,17). The fourth-order valence-electron chi connectivity index (χ4n) is 1.70. The van der Waals surface area contributed by atoms with E-state index in [4.69, 9.17) is 11.6 Å². The van der Waals surface area contributed by atoms with Crippen LogP contribution in [0.15, 0.2) is 24.4 Å². The predicted octanol–water partition coefficient (Wildman–Crippen LogP) is 1.66. The van der Waals surface area contributed by atoms with E-state index in [-0.39, 0.29) is 5.91 Å². The molecule has 3 N–H and O–H groups in total. The summed E-state index contributed by atoms with van der Waals surface area (Å²) in [6.07, 6.45) is 1.93. The molecule has 0 fully saturated rings. The number of benzene rings is 1. The monoisotopic (exact) mass is 251 g/mol. The first-order chi connectivity index (χ1) is 8.20. The molecule has 2 aromatic rings. The molecule has 0 bridgehead atoms. The van der Waals surface area contributed by atoms with Crippen LogP contribution < -0.4 is 10.6 Å². The van der Waals surface area contributed by atoms with Crippen molar-refractivity contribution >= 4 is 28.4 Å². The third kappa shape index (κ3) is 2.78. The first-order valence-electron chi connectivity index (χ1n) is 5.37. The van der Waals surface area contributed by atoms with Crippen molar-refractivity contribution < 1.29 is 4.79 Å². The Kier molecular flexibility index (Phi) is 3.66. The van der Waals surface area contributed by atoms with Gasteiger partial charge in [0.15, 0.2) is 0 Å². The lowest BCUT2D eigenvalue weighted by Crippen LogP contribution is -2.30. The van der Waals surface area contributed by atoms with Gasteiger partial charge in [-0.05, 0) is 17.7 Å². The van der Waals surface area contributed by atoms with E-state index in [0.29, 0.717) is 18.1 Å². The van der Waals surface area contributed by atoms with Crippen LogP contribution in [0.5, 0.6) is 0 Å². The Morgan fingerprint density at radius 3 is 3.06 bits per heavy atom. The van der Waals surface area contributed by atoms with Crippen LogP contribution in [0.25, 0.3) is 10.9 Å². The molecule has 0 aliphatic heterocycles. The van der Waals surface area contributed by atoms with Gasteiger partial charge in [0, 0.05) is 35.7 Å². The van der Waals surface area contributed by atoms with Crippen molar-refractivity contribution in [3.05, 3.63) is 35.0 Å². The lowest BCUT2D eigenvalue weighted by atomic mass is 10.2. The third-order valence-corrected chi connectivity index (χ3v) is 2.84. The highest BCUT2D eigenvalue weighted by atomic mass is 35.5. The second-order valence-corrected chi connectivity index (χ2v) is 4.22. The SMILES string of the molecule is CNC(=O)CNCc1c[nH]c2cc(Cl)ccc12. The van der Waals surface area contributed by atoms with Gasteiger partial charge < -0.3 is 15.6 Å². The van der Waals surface area contributed by atoms with Crippen molar-refractivity contribution in [1.29, 1.82) is 0 Å². The average Bonchev–Trinajstić information content (AvgIpc) is 2.71. The summed E-state index contributed by atoms with van der Waals surface area (Å²) in [6, 6.07) is 5.73. The molecule has 1 aromatic carbocycles. The predicted molar refractivity (Wildman–Crippen MR) is 69.1 cm³/mol. The van der Waals surface area contributed by atoms with Crippen molar-refractivity contribution in [2.75, 3.05) is 13.6 Å². The Bertz CT molecular complexity index is 536. The number of nitrogens with one attached hydrogen (secondary N) is 3. The number of hydrogen-bond acceptors (Lipinski definition) is 2. The molecular formula is C12H14ClN3O. The fourth-order valence-corrected chi connectivity index (χ4v) is 1.88. The van der Waals surface area contributed by atoms with Crippen LogP contribution in [-0.2, 0) is 11.3 Å².